The SMILES string of the molecule is CCc1ccc(S(=O)(=O)N[C@H]2CCCNC2)cc1.Cl. The van der Waals surface area contributed by atoms with Gasteiger partial charge in [-0.25, -0.2) is 13.1 Å². The van der Waals surface area contributed by atoms with Crippen LogP contribution in [0.1, 0.15) is 25.3 Å². The Balaban J connectivity index is 0.00000180. The highest BCUT2D eigenvalue weighted by Crippen LogP contribution is 2.13. The number of aryl methyl sites for hydroxylation is 1. The third-order valence-electron chi connectivity index (χ3n) is 3.26. The highest BCUT2D eigenvalue weighted by atomic mass is 35.5. The highest BCUT2D eigenvalue weighted by Gasteiger charge is 2.21. The van der Waals surface area contributed by atoms with Crippen molar-refractivity contribution in [2.24, 2.45) is 0 Å². The van der Waals surface area contributed by atoms with Crippen molar-refractivity contribution in [3.05, 3.63) is 29.8 Å². The van der Waals surface area contributed by atoms with E-state index in [1.54, 1.807) is 12.1 Å². The zero-order chi connectivity index (χ0) is 13.0. The minimum Gasteiger partial charge on any atom is -0.315 e. The van der Waals surface area contributed by atoms with Crippen LogP contribution in [-0.2, 0) is 16.4 Å². The van der Waals surface area contributed by atoms with Gasteiger partial charge in [0.2, 0.25) is 10.0 Å². The Morgan fingerprint density at radius 3 is 2.53 bits per heavy atom. The number of piperidine rings is 1. The Hall–Kier alpha value is -0.620. The number of rotatable bonds is 4. The smallest absolute Gasteiger partial charge is 0.240 e. The van der Waals surface area contributed by atoms with E-state index >= 15 is 0 Å². The summed E-state index contributed by atoms with van der Waals surface area (Å²) in [6.07, 6.45) is 2.83. The molecule has 4 nitrogen and oxygen atoms in total. The quantitative estimate of drug-likeness (QED) is 0.890. The molecule has 19 heavy (non-hydrogen) atoms. The molecule has 0 bridgehead atoms. The molecule has 0 spiro atoms. The number of hydrogen-bond donors (Lipinski definition) is 2. The predicted octanol–water partition coefficient (Wildman–Crippen LogP) is 1.70. The van der Waals surface area contributed by atoms with Crippen LogP contribution in [0.25, 0.3) is 0 Å². The van der Waals surface area contributed by atoms with Crippen molar-refractivity contribution in [1.29, 1.82) is 0 Å². The van der Waals surface area contributed by atoms with E-state index < -0.39 is 10.0 Å². The second-order valence-corrected chi connectivity index (χ2v) is 6.38. The lowest BCUT2D eigenvalue weighted by atomic mass is 10.1. The summed E-state index contributed by atoms with van der Waals surface area (Å²) in [4.78, 5) is 0.352. The van der Waals surface area contributed by atoms with Gasteiger partial charge in [-0.3, -0.25) is 0 Å². The summed E-state index contributed by atoms with van der Waals surface area (Å²) in [5.41, 5.74) is 1.15. The summed E-state index contributed by atoms with van der Waals surface area (Å²) in [7, 11) is -3.37. The summed E-state index contributed by atoms with van der Waals surface area (Å²) in [6.45, 7) is 3.74. The van der Waals surface area contributed by atoms with Gasteiger partial charge in [0.15, 0.2) is 0 Å². The molecule has 2 rings (SSSR count). The van der Waals surface area contributed by atoms with Crippen molar-refractivity contribution in [2.45, 2.75) is 37.1 Å². The van der Waals surface area contributed by atoms with E-state index in [1.807, 2.05) is 12.1 Å². The molecule has 0 radical (unpaired) electrons. The molecule has 1 atom stereocenters. The van der Waals surface area contributed by atoms with E-state index in [9.17, 15) is 8.42 Å². The molecular formula is C13H21ClN2O2S. The van der Waals surface area contributed by atoms with Crippen LogP contribution >= 0.6 is 12.4 Å². The van der Waals surface area contributed by atoms with Gasteiger partial charge in [-0.2, -0.15) is 0 Å². The summed E-state index contributed by atoms with van der Waals surface area (Å²) in [6, 6.07) is 7.10. The van der Waals surface area contributed by atoms with Gasteiger partial charge in [0.05, 0.1) is 4.90 Å². The Morgan fingerprint density at radius 2 is 2.00 bits per heavy atom. The van der Waals surface area contributed by atoms with E-state index in [1.165, 1.54) is 0 Å². The van der Waals surface area contributed by atoms with Crippen LogP contribution in [0.15, 0.2) is 29.2 Å². The molecule has 108 valence electrons. The van der Waals surface area contributed by atoms with Crippen LogP contribution in [0.2, 0.25) is 0 Å². The van der Waals surface area contributed by atoms with E-state index in [0.717, 1.165) is 31.4 Å². The first kappa shape index (κ1) is 16.4. The van der Waals surface area contributed by atoms with Crippen LogP contribution in [0.4, 0.5) is 0 Å². The van der Waals surface area contributed by atoms with Crippen LogP contribution in [0.3, 0.4) is 0 Å². The fourth-order valence-corrected chi connectivity index (χ4v) is 3.41. The van der Waals surface area contributed by atoms with Crippen LogP contribution < -0.4 is 10.0 Å². The van der Waals surface area contributed by atoms with Gasteiger partial charge in [0.1, 0.15) is 0 Å². The van der Waals surface area contributed by atoms with Gasteiger partial charge >= 0.3 is 0 Å². The molecule has 0 aromatic heterocycles. The molecule has 1 aliphatic heterocycles. The maximum Gasteiger partial charge on any atom is 0.240 e. The lowest BCUT2D eigenvalue weighted by molar-refractivity contribution is 0.428. The Labute approximate surface area is 121 Å². The standard InChI is InChI=1S/C13H20N2O2S.ClH/c1-2-11-5-7-13(8-6-11)18(16,17)15-12-4-3-9-14-10-12;/h5-8,12,14-15H,2-4,9-10H2,1H3;1H/t12-;/m0./s1. The third-order valence-corrected chi connectivity index (χ3v) is 4.80. The first-order valence-corrected chi connectivity index (χ1v) is 7.92. The summed E-state index contributed by atoms with van der Waals surface area (Å²) in [5, 5.41) is 3.20. The van der Waals surface area contributed by atoms with Crippen molar-refractivity contribution >= 4 is 22.4 Å². The van der Waals surface area contributed by atoms with Crippen LogP contribution in [-0.4, -0.2) is 27.5 Å². The third kappa shape index (κ3) is 4.45. The fourth-order valence-electron chi connectivity index (χ4n) is 2.14. The van der Waals surface area contributed by atoms with E-state index in [2.05, 4.69) is 17.0 Å². The van der Waals surface area contributed by atoms with Crippen molar-refractivity contribution in [3.63, 3.8) is 0 Å². The molecule has 1 aliphatic rings. The normalized spacial score (nSPS) is 19.7. The fraction of sp³-hybridized carbons (Fsp3) is 0.538. The zero-order valence-electron chi connectivity index (χ0n) is 11.1. The van der Waals surface area contributed by atoms with Gasteiger partial charge in [0.25, 0.3) is 0 Å². The monoisotopic (exact) mass is 304 g/mol. The molecule has 6 heteroatoms. The van der Waals surface area contributed by atoms with Crippen molar-refractivity contribution in [3.8, 4) is 0 Å². The number of benzene rings is 1. The average molecular weight is 305 g/mol. The average Bonchev–Trinajstić information content (AvgIpc) is 2.39. The van der Waals surface area contributed by atoms with E-state index in [-0.39, 0.29) is 18.4 Å². The molecule has 0 saturated carbocycles. The molecule has 0 amide bonds. The second-order valence-electron chi connectivity index (χ2n) is 4.66. The van der Waals surface area contributed by atoms with Crippen LogP contribution in [0, 0.1) is 0 Å². The minimum absolute atomic E-state index is 0. The van der Waals surface area contributed by atoms with Gasteiger partial charge < -0.3 is 5.32 Å². The molecule has 2 N–H and O–H groups in total. The van der Waals surface area contributed by atoms with Gasteiger partial charge in [-0.1, -0.05) is 19.1 Å². The van der Waals surface area contributed by atoms with Crippen LogP contribution in [0.5, 0.6) is 0 Å². The molecule has 1 heterocycles. The topological polar surface area (TPSA) is 58.2 Å². The number of halogens is 1. The highest BCUT2D eigenvalue weighted by molar-refractivity contribution is 7.89. The van der Waals surface area contributed by atoms with Gasteiger partial charge in [0, 0.05) is 12.6 Å². The Morgan fingerprint density at radius 1 is 1.32 bits per heavy atom. The summed E-state index contributed by atoms with van der Waals surface area (Å²) >= 11 is 0. The number of nitrogens with one attached hydrogen (secondary N) is 2. The predicted molar refractivity (Wildman–Crippen MR) is 79.3 cm³/mol. The lowest BCUT2D eigenvalue weighted by Crippen LogP contribution is -2.45. The molecule has 1 saturated heterocycles. The molecule has 1 aromatic carbocycles. The maximum atomic E-state index is 12.2. The zero-order valence-corrected chi connectivity index (χ0v) is 12.7. The van der Waals surface area contributed by atoms with Crippen molar-refractivity contribution in [1.82, 2.24) is 10.0 Å². The summed E-state index contributed by atoms with van der Waals surface area (Å²) < 4.78 is 27.1. The van der Waals surface area contributed by atoms with Crippen molar-refractivity contribution in [2.75, 3.05) is 13.1 Å². The maximum absolute atomic E-state index is 12.2. The molecular weight excluding hydrogens is 284 g/mol. The lowest BCUT2D eigenvalue weighted by Gasteiger charge is -2.23. The molecule has 1 aromatic rings. The summed E-state index contributed by atoms with van der Waals surface area (Å²) in [5.74, 6) is 0. The molecule has 0 unspecified atom stereocenters. The largest absolute Gasteiger partial charge is 0.315 e. The minimum atomic E-state index is -3.37. The molecule has 1 fully saturated rings. The number of hydrogen-bond acceptors (Lipinski definition) is 3. The first-order chi connectivity index (χ1) is 8.62. The second kappa shape index (κ2) is 7.24. The Kier molecular flexibility index (Phi) is 6.26. The first-order valence-electron chi connectivity index (χ1n) is 6.44. The van der Waals surface area contributed by atoms with Crippen molar-refractivity contribution < 1.29 is 8.42 Å². The van der Waals surface area contributed by atoms with E-state index in [4.69, 9.17) is 0 Å². The van der Waals surface area contributed by atoms with Gasteiger partial charge in [-0.05, 0) is 43.5 Å². The van der Waals surface area contributed by atoms with E-state index in [0.29, 0.717) is 11.4 Å². The number of sulfonamides is 1. The van der Waals surface area contributed by atoms with Gasteiger partial charge in [-0.15, -0.1) is 12.4 Å². The Bertz CT molecular complexity index is 482. The molecule has 0 aliphatic carbocycles.